The van der Waals surface area contributed by atoms with Gasteiger partial charge in [0.25, 0.3) is 5.91 Å². The van der Waals surface area contributed by atoms with E-state index in [0.717, 1.165) is 29.5 Å². The zero-order valence-corrected chi connectivity index (χ0v) is 23.6. The molecule has 0 radical (unpaired) electrons. The molecule has 6 rings (SSSR count). The number of carboxylic acid groups (broad SMARTS) is 1. The number of ether oxygens (including phenoxy) is 1. The van der Waals surface area contributed by atoms with E-state index >= 15 is 0 Å². The molecule has 3 aromatic rings. The molecule has 0 spiro atoms. The quantitative estimate of drug-likeness (QED) is 0.411. The van der Waals surface area contributed by atoms with Crippen molar-refractivity contribution in [2.45, 2.75) is 58.2 Å². The first-order valence-electron chi connectivity index (χ1n) is 14.1. The Morgan fingerprint density at radius 2 is 1.93 bits per heavy atom. The van der Waals surface area contributed by atoms with Crippen LogP contribution >= 0.6 is 11.6 Å². The summed E-state index contributed by atoms with van der Waals surface area (Å²) in [6.07, 6.45) is 3.12. The third-order valence-corrected chi connectivity index (χ3v) is 8.95. The topological polar surface area (TPSA) is 113 Å². The molecule has 214 valence electrons. The zero-order chi connectivity index (χ0) is 28.7. The van der Waals surface area contributed by atoms with Gasteiger partial charge in [-0.25, -0.2) is 0 Å². The van der Waals surface area contributed by atoms with Crippen LogP contribution in [0.15, 0.2) is 47.0 Å². The molecule has 3 aliphatic rings. The van der Waals surface area contributed by atoms with Crippen LogP contribution in [0.1, 0.15) is 70.2 Å². The fourth-order valence-electron chi connectivity index (χ4n) is 6.60. The van der Waals surface area contributed by atoms with Gasteiger partial charge in [0.15, 0.2) is 0 Å². The van der Waals surface area contributed by atoms with E-state index in [1.165, 1.54) is 0 Å². The zero-order valence-electron chi connectivity index (χ0n) is 22.8. The molecular formula is C31H32ClN3O6. The Labute approximate surface area is 243 Å². The van der Waals surface area contributed by atoms with Gasteiger partial charge in [0, 0.05) is 41.9 Å². The average Bonchev–Trinajstić information content (AvgIpc) is 3.54. The van der Waals surface area contributed by atoms with Crippen LogP contribution in [0, 0.1) is 18.8 Å². The number of aliphatic carboxylic acids is 1. The van der Waals surface area contributed by atoms with Gasteiger partial charge in [0.2, 0.25) is 5.91 Å². The van der Waals surface area contributed by atoms with Gasteiger partial charge < -0.3 is 24.2 Å². The van der Waals surface area contributed by atoms with Crippen LogP contribution in [0.2, 0.25) is 5.02 Å². The van der Waals surface area contributed by atoms with Gasteiger partial charge in [0.1, 0.15) is 23.8 Å². The first-order chi connectivity index (χ1) is 19.8. The van der Waals surface area contributed by atoms with Gasteiger partial charge in [0.05, 0.1) is 17.9 Å². The lowest BCUT2D eigenvalue weighted by Gasteiger charge is -2.43. The lowest BCUT2D eigenvalue weighted by molar-refractivity contribution is -0.153. The second kappa shape index (κ2) is 11.2. The van der Waals surface area contributed by atoms with Crippen molar-refractivity contribution in [3.8, 4) is 5.75 Å². The maximum Gasteiger partial charge on any atom is 0.307 e. The smallest absolute Gasteiger partial charge is 0.307 e. The van der Waals surface area contributed by atoms with E-state index in [-0.39, 0.29) is 25.0 Å². The van der Waals surface area contributed by atoms with Crippen molar-refractivity contribution in [2.75, 3.05) is 13.1 Å². The maximum atomic E-state index is 14.2. The van der Waals surface area contributed by atoms with Crippen molar-refractivity contribution in [1.29, 1.82) is 0 Å². The third kappa shape index (κ3) is 5.19. The number of aryl methyl sites for hydroxylation is 1. The first-order valence-corrected chi connectivity index (χ1v) is 14.5. The Hall–Kier alpha value is -3.85. The summed E-state index contributed by atoms with van der Waals surface area (Å²) >= 11 is 6.71. The highest BCUT2D eigenvalue weighted by atomic mass is 35.5. The Morgan fingerprint density at radius 3 is 2.66 bits per heavy atom. The molecule has 1 saturated carbocycles. The van der Waals surface area contributed by atoms with Gasteiger partial charge in [-0.15, -0.1) is 0 Å². The molecule has 2 unspecified atom stereocenters. The highest BCUT2D eigenvalue weighted by molar-refractivity contribution is 6.31. The number of benzene rings is 2. The van der Waals surface area contributed by atoms with Gasteiger partial charge in [-0.3, -0.25) is 14.4 Å². The Kier molecular flexibility index (Phi) is 7.46. The molecule has 2 aromatic carbocycles. The molecule has 1 aliphatic carbocycles. The van der Waals surface area contributed by atoms with Gasteiger partial charge in [-0.1, -0.05) is 47.8 Å². The first kappa shape index (κ1) is 27.3. The number of rotatable bonds is 7. The van der Waals surface area contributed by atoms with E-state index in [2.05, 4.69) is 5.16 Å². The summed E-state index contributed by atoms with van der Waals surface area (Å²) in [5.41, 5.74) is 3.85. The summed E-state index contributed by atoms with van der Waals surface area (Å²) in [6.45, 7) is 3.00. The molecule has 10 heteroatoms. The van der Waals surface area contributed by atoms with Crippen LogP contribution in [0.4, 0.5) is 0 Å². The predicted octanol–water partition coefficient (Wildman–Crippen LogP) is 5.19. The van der Waals surface area contributed by atoms with E-state index in [4.69, 9.17) is 20.9 Å². The Bertz CT molecular complexity index is 1500. The van der Waals surface area contributed by atoms with Crippen molar-refractivity contribution in [3.63, 3.8) is 0 Å². The van der Waals surface area contributed by atoms with Crippen LogP contribution in [-0.2, 0) is 29.2 Å². The second-order valence-corrected chi connectivity index (χ2v) is 11.5. The lowest BCUT2D eigenvalue weighted by atomic mass is 9.77. The van der Waals surface area contributed by atoms with E-state index in [0.29, 0.717) is 60.1 Å². The van der Waals surface area contributed by atoms with Gasteiger partial charge in [-0.2, -0.15) is 0 Å². The van der Waals surface area contributed by atoms with Crippen molar-refractivity contribution >= 4 is 29.4 Å². The molecule has 1 fully saturated rings. The molecule has 41 heavy (non-hydrogen) atoms. The number of carboxylic acids is 1. The molecule has 9 nitrogen and oxygen atoms in total. The minimum Gasteiger partial charge on any atom is -0.487 e. The summed E-state index contributed by atoms with van der Waals surface area (Å²) in [6, 6.07) is 12.3. The second-order valence-electron chi connectivity index (χ2n) is 11.1. The lowest BCUT2D eigenvalue weighted by Crippen LogP contribution is -2.50. The van der Waals surface area contributed by atoms with Crippen molar-refractivity contribution in [2.24, 2.45) is 11.8 Å². The van der Waals surface area contributed by atoms with Gasteiger partial charge >= 0.3 is 5.97 Å². The number of halogens is 1. The van der Waals surface area contributed by atoms with Gasteiger partial charge in [-0.05, 0) is 55.5 Å². The number of amides is 2. The maximum absolute atomic E-state index is 14.2. The van der Waals surface area contributed by atoms with Crippen LogP contribution < -0.4 is 4.74 Å². The molecule has 1 aromatic heterocycles. The van der Waals surface area contributed by atoms with E-state index in [1.54, 1.807) is 34.9 Å². The van der Waals surface area contributed by atoms with E-state index in [9.17, 15) is 19.5 Å². The fraction of sp³-hybridized carbons (Fsp3) is 0.419. The monoisotopic (exact) mass is 577 g/mol. The molecule has 3 heterocycles. The number of carbonyl (C=O) groups is 3. The minimum atomic E-state index is -0.933. The third-order valence-electron chi connectivity index (χ3n) is 8.60. The summed E-state index contributed by atoms with van der Waals surface area (Å²) in [4.78, 5) is 43.3. The SMILES string of the molecule is Cc1cc(COc2ccc(Cl)c3c2[C@@H](CN2Cc4ccccc4C2=O)N(C(=O)C2CCCCC2C(=O)O)CC3)no1. The highest BCUT2D eigenvalue weighted by Gasteiger charge is 2.44. The number of carbonyl (C=O) groups excluding carboxylic acids is 2. The van der Waals surface area contributed by atoms with Crippen LogP contribution in [0.25, 0.3) is 0 Å². The number of aromatic nitrogens is 1. The summed E-state index contributed by atoms with van der Waals surface area (Å²) in [5.74, 6) is -1.32. The number of hydrogen-bond donors (Lipinski definition) is 1. The molecular weight excluding hydrogens is 546 g/mol. The molecule has 2 amide bonds. The molecule has 1 N–H and O–H groups in total. The van der Waals surface area contributed by atoms with Crippen molar-refractivity contribution in [1.82, 2.24) is 15.0 Å². The van der Waals surface area contributed by atoms with Crippen molar-refractivity contribution in [3.05, 3.63) is 81.2 Å². The minimum absolute atomic E-state index is 0.0937. The number of fused-ring (bicyclic) bond motifs is 2. The summed E-state index contributed by atoms with van der Waals surface area (Å²) in [5, 5.41) is 14.5. The number of nitrogens with zero attached hydrogens (tertiary/aromatic N) is 3. The largest absolute Gasteiger partial charge is 0.487 e. The van der Waals surface area contributed by atoms with Crippen molar-refractivity contribution < 1.29 is 28.8 Å². The van der Waals surface area contributed by atoms with Crippen LogP contribution in [-0.4, -0.2) is 50.9 Å². The number of hydrogen-bond acceptors (Lipinski definition) is 6. The standard InChI is InChI=1S/C31H32ClN3O6/c1-18-14-20(33-41-18)17-40-27-11-10-25(32)24-12-13-35(30(37)22-8-4-5-9-23(22)31(38)39)26(28(24)27)16-34-15-19-6-2-3-7-21(19)29(34)36/h2-3,6-7,10-11,14,22-23,26H,4-5,8-9,12-13,15-17H2,1H3,(H,38,39)/t22?,23?,26-/m1/s1. The average molecular weight is 578 g/mol. The predicted molar refractivity (Wildman–Crippen MR) is 149 cm³/mol. The van der Waals surface area contributed by atoms with E-state index in [1.807, 2.05) is 24.3 Å². The molecule has 2 aliphatic heterocycles. The van der Waals surface area contributed by atoms with E-state index < -0.39 is 23.8 Å². The summed E-state index contributed by atoms with van der Waals surface area (Å²) in [7, 11) is 0. The molecule has 3 atom stereocenters. The normalized spacial score (nSPS) is 21.9. The van der Waals surface area contributed by atoms with Crippen LogP contribution in [0.5, 0.6) is 5.75 Å². The molecule has 0 saturated heterocycles. The fourth-order valence-corrected chi connectivity index (χ4v) is 6.86. The highest BCUT2D eigenvalue weighted by Crippen LogP contribution is 2.43. The Morgan fingerprint density at radius 1 is 1.15 bits per heavy atom. The summed E-state index contributed by atoms with van der Waals surface area (Å²) < 4.78 is 11.4. The van der Waals surface area contributed by atoms with Crippen LogP contribution in [0.3, 0.4) is 0 Å². The molecule has 0 bridgehead atoms. The Balaban J connectivity index is 1.38.